The maximum absolute atomic E-state index is 12.6. The first kappa shape index (κ1) is 14.3. The van der Waals surface area contributed by atoms with Gasteiger partial charge in [-0.25, -0.2) is 0 Å². The van der Waals surface area contributed by atoms with E-state index in [1.54, 1.807) is 17.0 Å². The Balaban J connectivity index is 1.68. The smallest absolute Gasteiger partial charge is 0.310 e. The maximum atomic E-state index is 12.6. The van der Waals surface area contributed by atoms with Gasteiger partial charge in [0, 0.05) is 16.3 Å². The quantitative estimate of drug-likeness (QED) is 0.916. The van der Waals surface area contributed by atoms with E-state index in [-0.39, 0.29) is 5.91 Å². The molecule has 2 aromatic rings. The third-order valence-corrected chi connectivity index (χ3v) is 4.92. The van der Waals surface area contributed by atoms with Gasteiger partial charge in [-0.05, 0) is 59.9 Å². The molecule has 4 nitrogen and oxygen atoms in total. The predicted octanol–water partition coefficient (Wildman–Crippen LogP) is 3.61. The highest BCUT2D eigenvalue weighted by atomic mass is 35.5. The number of fused-ring (bicyclic) bond motifs is 2. The number of carbonyl (C=O) groups is 2. The van der Waals surface area contributed by atoms with Gasteiger partial charge in [-0.1, -0.05) is 17.7 Å². The fourth-order valence-corrected chi connectivity index (χ4v) is 3.72. The van der Waals surface area contributed by atoms with Crippen LogP contribution in [0.4, 0.5) is 5.69 Å². The van der Waals surface area contributed by atoms with Crippen molar-refractivity contribution < 1.29 is 14.7 Å². The third-order valence-electron chi connectivity index (χ3n) is 4.69. The summed E-state index contributed by atoms with van der Waals surface area (Å²) < 4.78 is 0. The van der Waals surface area contributed by atoms with Gasteiger partial charge >= 0.3 is 5.97 Å². The number of carbonyl (C=O) groups excluding carboxylic acids is 1. The molecule has 0 aromatic heterocycles. The molecule has 0 bridgehead atoms. The summed E-state index contributed by atoms with van der Waals surface area (Å²) in [5.74, 6) is -1.25. The van der Waals surface area contributed by atoms with Crippen molar-refractivity contribution in [3.63, 3.8) is 0 Å². The number of rotatable bonds is 2. The maximum Gasteiger partial charge on any atom is 0.310 e. The van der Waals surface area contributed by atoms with E-state index in [2.05, 4.69) is 0 Å². The van der Waals surface area contributed by atoms with Crippen molar-refractivity contribution in [3.05, 3.63) is 63.7 Å². The number of hydrogen-bond acceptors (Lipinski definition) is 2. The van der Waals surface area contributed by atoms with Crippen molar-refractivity contribution in [2.75, 3.05) is 4.90 Å². The van der Waals surface area contributed by atoms with E-state index < -0.39 is 11.9 Å². The third kappa shape index (κ3) is 2.21. The number of anilines is 1. The van der Waals surface area contributed by atoms with Gasteiger partial charge in [-0.3, -0.25) is 9.59 Å². The van der Waals surface area contributed by atoms with E-state index in [1.165, 1.54) is 0 Å². The lowest BCUT2D eigenvalue weighted by atomic mass is 10.0. The van der Waals surface area contributed by atoms with Gasteiger partial charge in [-0.2, -0.15) is 0 Å². The molecule has 1 N–H and O–H groups in total. The normalized spacial score (nSPS) is 18.9. The monoisotopic (exact) mass is 327 g/mol. The number of hydrogen-bond donors (Lipinski definition) is 1. The van der Waals surface area contributed by atoms with Crippen LogP contribution >= 0.6 is 11.6 Å². The lowest BCUT2D eigenvalue weighted by Gasteiger charge is -2.17. The van der Waals surface area contributed by atoms with Gasteiger partial charge in [0.05, 0.1) is 12.5 Å². The van der Waals surface area contributed by atoms with Gasteiger partial charge in [0.1, 0.15) is 0 Å². The molecule has 4 rings (SSSR count). The van der Waals surface area contributed by atoms with Crippen LogP contribution in [-0.4, -0.2) is 17.0 Å². The van der Waals surface area contributed by atoms with Crippen molar-refractivity contribution >= 4 is 29.2 Å². The fourth-order valence-electron chi connectivity index (χ4n) is 3.53. The number of carboxylic acids is 1. The average molecular weight is 328 g/mol. The highest BCUT2D eigenvalue weighted by molar-refractivity contribution is 6.31. The Bertz CT molecular complexity index is 846. The Labute approximate surface area is 138 Å². The summed E-state index contributed by atoms with van der Waals surface area (Å²) in [4.78, 5) is 25.5. The molecule has 1 unspecified atom stereocenters. The molecule has 1 aliphatic heterocycles. The first-order valence-corrected chi connectivity index (χ1v) is 7.88. The standard InChI is InChI=1S/C18H14ClNO3/c19-12-2-5-15-11(7-12)9-20(17(15)21)13-3-6-14-10(8-13)1-4-16(14)18(22)23/h2-3,5-8,16H,1,4,9H2,(H,22,23). The van der Waals surface area contributed by atoms with Gasteiger partial charge in [0.25, 0.3) is 5.91 Å². The molecule has 1 heterocycles. The van der Waals surface area contributed by atoms with Gasteiger partial charge in [0.15, 0.2) is 0 Å². The van der Waals surface area contributed by atoms with Crippen molar-refractivity contribution in [2.24, 2.45) is 0 Å². The van der Waals surface area contributed by atoms with E-state index in [0.717, 1.165) is 28.8 Å². The van der Waals surface area contributed by atoms with Crippen LogP contribution in [0.25, 0.3) is 0 Å². The molecule has 2 aliphatic rings. The Morgan fingerprint density at radius 3 is 2.78 bits per heavy atom. The van der Waals surface area contributed by atoms with Crippen molar-refractivity contribution in [2.45, 2.75) is 25.3 Å². The molecular formula is C18H14ClNO3. The minimum atomic E-state index is -0.782. The topological polar surface area (TPSA) is 57.6 Å². The lowest BCUT2D eigenvalue weighted by Crippen LogP contribution is -2.23. The number of carboxylic acid groups (broad SMARTS) is 1. The second kappa shape index (κ2) is 5.10. The van der Waals surface area contributed by atoms with Crippen LogP contribution < -0.4 is 4.90 Å². The van der Waals surface area contributed by atoms with Gasteiger partial charge in [-0.15, -0.1) is 0 Å². The van der Waals surface area contributed by atoms with Crippen LogP contribution in [0.1, 0.15) is 39.4 Å². The van der Waals surface area contributed by atoms with E-state index in [4.69, 9.17) is 11.6 Å². The SMILES string of the molecule is O=C(O)C1CCc2cc(N3Cc4cc(Cl)ccc4C3=O)ccc21. The van der Waals surface area contributed by atoms with E-state index in [1.807, 2.05) is 24.3 Å². The number of halogens is 1. The number of aryl methyl sites for hydroxylation is 1. The molecule has 0 radical (unpaired) electrons. The number of benzene rings is 2. The summed E-state index contributed by atoms with van der Waals surface area (Å²) in [7, 11) is 0. The highest BCUT2D eigenvalue weighted by Crippen LogP contribution is 2.37. The van der Waals surface area contributed by atoms with Crippen LogP contribution in [0.15, 0.2) is 36.4 Å². The van der Waals surface area contributed by atoms with E-state index in [9.17, 15) is 14.7 Å². The van der Waals surface area contributed by atoms with Gasteiger partial charge in [0.2, 0.25) is 0 Å². The fraction of sp³-hybridized carbons (Fsp3) is 0.222. The molecule has 0 spiro atoms. The molecule has 5 heteroatoms. The summed E-state index contributed by atoms with van der Waals surface area (Å²) in [6, 6.07) is 10.9. The Morgan fingerprint density at radius 1 is 1.17 bits per heavy atom. The first-order valence-electron chi connectivity index (χ1n) is 7.50. The summed E-state index contributed by atoms with van der Waals surface area (Å²) in [6.07, 6.45) is 1.36. The highest BCUT2D eigenvalue weighted by Gasteiger charge is 2.32. The minimum Gasteiger partial charge on any atom is -0.481 e. The number of aliphatic carboxylic acids is 1. The molecule has 0 saturated heterocycles. The summed E-state index contributed by atoms with van der Waals surface area (Å²) in [5.41, 5.74) is 4.31. The number of amides is 1. The van der Waals surface area contributed by atoms with Crippen molar-refractivity contribution in [1.82, 2.24) is 0 Å². The van der Waals surface area contributed by atoms with Crippen LogP contribution in [0.3, 0.4) is 0 Å². The zero-order chi connectivity index (χ0) is 16.1. The zero-order valence-corrected chi connectivity index (χ0v) is 13.0. The molecule has 2 aromatic carbocycles. The molecule has 0 fully saturated rings. The second-order valence-electron chi connectivity index (χ2n) is 6.01. The summed E-state index contributed by atoms with van der Waals surface area (Å²) in [5, 5.41) is 9.87. The van der Waals surface area contributed by atoms with E-state index >= 15 is 0 Å². The largest absolute Gasteiger partial charge is 0.481 e. The summed E-state index contributed by atoms with van der Waals surface area (Å²) in [6.45, 7) is 0.496. The van der Waals surface area contributed by atoms with Crippen molar-refractivity contribution in [3.8, 4) is 0 Å². The van der Waals surface area contributed by atoms with Crippen LogP contribution in [-0.2, 0) is 17.8 Å². The molecule has 23 heavy (non-hydrogen) atoms. The molecular weight excluding hydrogens is 314 g/mol. The van der Waals surface area contributed by atoms with Crippen LogP contribution in [0, 0.1) is 0 Å². The predicted molar refractivity (Wildman–Crippen MR) is 87.1 cm³/mol. The number of nitrogens with zero attached hydrogens (tertiary/aromatic N) is 1. The summed E-state index contributed by atoms with van der Waals surface area (Å²) >= 11 is 6.00. The Kier molecular flexibility index (Phi) is 3.16. The minimum absolute atomic E-state index is 0.0376. The first-order chi connectivity index (χ1) is 11.0. The van der Waals surface area contributed by atoms with Gasteiger partial charge < -0.3 is 10.0 Å². The zero-order valence-electron chi connectivity index (χ0n) is 12.3. The van der Waals surface area contributed by atoms with Crippen LogP contribution in [0.2, 0.25) is 5.02 Å². The average Bonchev–Trinajstić information content (AvgIpc) is 3.08. The second-order valence-corrected chi connectivity index (χ2v) is 6.44. The van der Waals surface area contributed by atoms with Crippen LogP contribution in [0.5, 0.6) is 0 Å². The lowest BCUT2D eigenvalue weighted by molar-refractivity contribution is -0.138. The molecule has 0 saturated carbocycles. The van der Waals surface area contributed by atoms with Crippen molar-refractivity contribution in [1.29, 1.82) is 0 Å². The molecule has 1 aliphatic carbocycles. The molecule has 116 valence electrons. The Morgan fingerprint density at radius 2 is 2.00 bits per heavy atom. The molecule has 1 atom stereocenters. The Hall–Kier alpha value is -2.33. The van der Waals surface area contributed by atoms with E-state index in [0.29, 0.717) is 23.6 Å². The molecule has 1 amide bonds.